The zero-order valence-corrected chi connectivity index (χ0v) is 14.7. The van der Waals surface area contributed by atoms with Crippen molar-refractivity contribution in [3.63, 3.8) is 0 Å². The van der Waals surface area contributed by atoms with Crippen molar-refractivity contribution < 1.29 is 4.79 Å². The van der Waals surface area contributed by atoms with Gasteiger partial charge in [-0.25, -0.2) is 4.98 Å². The summed E-state index contributed by atoms with van der Waals surface area (Å²) < 4.78 is 2.00. The topological polar surface area (TPSA) is 46.4 Å². The van der Waals surface area contributed by atoms with E-state index in [1.165, 1.54) is 0 Å². The minimum atomic E-state index is 0.121. The smallest absolute Gasteiger partial charge is 0.228 e. The van der Waals surface area contributed by atoms with E-state index in [0.717, 1.165) is 59.5 Å². The van der Waals surface area contributed by atoms with E-state index in [9.17, 15) is 4.79 Å². The molecule has 1 aliphatic carbocycles. The molecule has 0 spiro atoms. The molecule has 0 unspecified atom stereocenters. The zero-order chi connectivity index (χ0) is 17.4. The zero-order valence-electron chi connectivity index (χ0n) is 14.7. The molecule has 4 rings (SSSR count). The SMILES string of the molecule is Cc1ccc2nc(-c3ccccc3C)c(NC(=O)C3CCCC3)n2c1. The number of amides is 1. The Hall–Kier alpha value is -2.62. The Morgan fingerprint density at radius 1 is 1.12 bits per heavy atom. The molecule has 2 aromatic heterocycles. The lowest BCUT2D eigenvalue weighted by atomic mass is 10.1. The molecule has 1 saturated carbocycles. The monoisotopic (exact) mass is 333 g/mol. The molecule has 4 nitrogen and oxygen atoms in total. The van der Waals surface area contributed by atoms with Crippen LogP contribution in [0.1, 0.15) is 36.8 Å². The molecule has 0 aliphatic heterocycles. The van der Waals surface area contributed by atoms with E-state index in [1.807, 2.05) is 34.9 Å². The number of aromatic nitrogens is 2. The van der Waals surface area contributed by atoms with Crippen LogP contribution >= 0.6 is 0 Å². The third-order valence-corrected chi connectivity index (χ3v) is 5.13. The van der Waals surface area contributed by atoms with Gasteiger partial charge in [0.05, 0.1) is 0 Å². The fraction of sp³-hybridized carbons (Fsp3) is 0.333. The van der Waals surface area contributed by atoms with Gasteiger partial charge in [-0.1, -0.05) is 43.2 Å². The average Bonchev–Trinajstić information content (AvgIpc) is 3.24. The maximum atomic E-state index is 12.8. The van der Waals surface area contributed by atoms with E-state index in [2.05, 4.69) is 31.3 Å². The van der Waals surface area contributed by atoms with Gasteiger partial charge < -0.3 is 5.32 Å². The Labute approximate surface area is 147 Å². The highest BCUT2D eigenvalue weighted by atomic mass is 16.2. The van der Waals surface area contributed by atoms with E-state index in [-0.39, 0.29) is 11.8 Å². The van der Waals surface area contributed by atoms with Crippen molar-refractivity contribution in [3.8, 4) is 11.3 Å². The first-order valence-corrected chi connectivity index (χ1v) is 8.99. The van der Waals surface area contributed by atoms with Crippen molar-refractivity contribution in [1.82, 2.24) is 9.38 Å². The Morgan fingerprint density at radius 2 is 1.88 bits per heavy atom. The molecule has 128 valence electrons. The van der Waals surface area contributed by atoms with E-state index in [0.29, 0.717) is 0 Å². The molecule has 0 radical (unpaired) electrons. The number of pyridine rings is 1. The molecule has 0 bridgehead atoms. The lowest BCUT2D eigenvalue weighted by Gasteiger charge is -2.13. The van der Waals surface area contributed by atoms with Crippen molar-refractivity contribution in [3.05, 3.63) is 53.7 Å². The van der Waals surface area contributed by atoms with E-state index >= 15 is 0 Å². The summed E-state index contributed by atoms with van der Waals surface area (Å²) in [6.45, 7) is 4.13. The van der Waals surface area contributed by atoms with Gasteiger partial charge in [-0.05, 0) is 43.9 Å². The molecule has 25 heavy (non-hydrogen) atoms. The van der Waals surface area contributed by atoms with Crippen molar-refractivity contribution in [1.29, 1.82) is 0 Å². The van der Waals surface area contributed by atoms with E-state index in [1.54, 1.807) is 0 Å². The first kappa shape index (κ1) is 15.9. The van der Waals surface area contributed by atoms with Gasteiger partial charge in [0.25, 0.3) is 0 Å². The second-order valence-corrected chi connectivity index (χ2v) is 7.03. The fourth-order valence-corrected chi connectivity index (χ4v) is 3.70. The van der Waals surface area contributed by atoms with Crippen molar-refractivity contribution in [2.45, 2.75) is 39.5 Å². The Balaban J connectivity index is 1.84. The number of hydrogen-bond donors (Lipinski definition) is 1. The molecule has 1 aromatic carbocycles. The first-order chi connectivity index (χ1) is 12.1. The summed E-state index contributed by atoms with van der Waals surface area (Å²) in [6.07, 6.45) is 6.31. The molecule has 0 saturated heterocycles. The number of nitrogens with zero attached hydrogens (tertiary/aromatic N) is 2. The van der Waals surface area contributed by atoms with Crippen LogP contribution in [0.4, 0.5) is 5.82 Å². The molecule has 3 aromatic rings. The molecule has 2 heterocycles. The van der Waals surface area contributed by atoms with Crippen LogP contribution in [0.25, 0.3) is 16.9 Å². The molecule has 1 fully saturated rings. The molecular formula is C21H23N3O. The lowest BCUT2D eigenvalue weighted by molar-refractivity contribution is -0.119. The highest BCUT2D eigenvalue weighted by molar-refractivity contribution is 5.96. The number of hydrogen-bond acceptors (Lipinski definition) is 2. The lowest BCUT2D eigenvalue weighted by Crippen LogP contribution is -2.21. The molecule has 4 heteroatoms. The van der Waals surface area contributed by atoms with Crippen LogP contribution < -0.4 is 5.32 Å². The van der Waals surface area contributed by atoms with E-state index in [4.69, 9.17) is 4.98 Å². The maximum Gasteiger partial charge on any atom is 0.228 e. The van der Waals surface area contributed by atoms with Crippen molar-refractivity contribution >= 4 is 17.4 Å². The Bertz CT molecular complexity index is 935. The quantitative estimate of drug-likeness (QED) is 0.752. The predicted molar refractivity (Wildman–Crippen MR) is 101 cm³/mol. The van der Waals surface area contributed by atoms with Gasteiger partial charge in [-0.15, -0.1) is 0 Å². The van der Waals surface area contributed by atoms with Gasteiger partial charge in [-0.3, -0.25) is 9.20 Å². The summed E-state index contributed by atoms with van der Waals surface area (Å²) in [6, 6.07) is 12.2. The number of rotatable bonds is 3. The third-order valence-electron chi connectivity index (χ3n) is 5.13. The summed E-state index contributed by atoms with van der Waals surface area (Å²) in [5.41, 5.74) is 5.04. The molecule has 0 atom stereocenters. The predicted octanol–water partition coefficient (Wildman–Crippen LogP) is 4.75. The largest absolute Gasteiger partial charge is 0.310 e. The van der Waals surface area contributed by atoms with Gasteiger partial charge in [-0.2, -0.15) is 0 Å². The van der Waals surface area contributed by atoms with Crippen molar-refractivity contribution in [2.75, 3.05) is 5.32 Å². The summed E-state index contributed by atoms with van der Waals surface area (Å²) >= 11 is 0. The highest BCUT2D eigenvalue weighted by Gasteiger charge is 2.25. The van der Waals surface area contributed by atoms with Crippen LogP contribution in [-0.4, -0.2) is 15.3 Å². The van der Waals surface area contributed by atoms with Crippen LogP contribution in [-0.2, 0) is 4.79 Å². The Kier molecular flexibility index (Phi) is 4.04. The number of carbonyl (C=O) groups is 1. The van der Waals surface area contributed by atoms with Crippen molar-refractivity contribution in [2.24, 2.45) is 5.92 Å². The maximum absolute atomic E-state index is 12.8. The first-order valence-electron chi connectivity index (χ1n) is 8.99. The number of fused-ring (bicyclic) bond motifs is 1. The number of nitrogens with one attached hydrogen (secondary N) is 1. The number of aryl methyl sites for hydroxylation is 2. The second-order valence-electron chi connectivity index (χ2n) is 7.03. The molecule has 1 N–H and O–H groups in total. The summed E-state index contributed by atoms with van der Waals surface area (Å²) in [4.78, 5) is 17.6. The summed E-state index contributed by atoms with van der Waals surface area (Å²) in [7, 11) is 0. The third kappa shape index (κ3) is 2.93. The summed E-state index contributed by atoms with van der Waals surface area (Å²) in [5, 5.41) is 3.19. The number of anilines is 1. The van der Waals surface area contributed by atoms with Gasteiger partial charge in [0.2, 0.25) is 5.91 Å². The fourth-order valence-electron chi connectivity index (χ4n) is 3.70. The van der Waals surface area contributed by atoms with Crippen LogP contribution in [0.5, 0.6) is 0 Å². The average molecular weight is 333 g/mol. The normalized spacial score (nSPS) is 15.0. The van der Waals surface area contributed by atoms with Crippen LogP contribution in [0.2, 0.25) is 0 Å². The highest BCUT2D eigenvalue weighted by Crippen LogP contribution is 2.33. The van der Waals surface area contributed by atoms with E-state index < -0.39 is 0 Å². The molecule has 1 amide bonds. The van der Waals surface area contributed by atoms with Gasteiger partial charge in [0, 0.05) is 17.7 Å². The number of imidazole rings is 1. The standard InChI is InChI=1S/C21H23N3O/c1-14-11-12-18-22-19(17-10-6-3-7-15(17)2)20(24(18)13-14)23-21(25)16-8-4-5-9-16/h3,6-7,10-13,16H,4-5,8-9H2,1-2H3,(H,23,25). The van der Waals surface area contributed by atoms with Crippen LogP contribution in [0, 0.1) is 19.8 Å². The minimum absolute atomic E-state index is 0.121. The Morgan fingerprint density at radius 3 is 2.64 bits per heavy atom. The number of benzene rings is 1. The van der Waals surface area contributed by atoms with Crippen LogP contribution in [0.15, 0.2) is 42.6 Å². The number of carbonyl (C=O) groups excluding carboxylic acids is 1. The molecule has 1 aliphatic rings. The van der Waals surface area contributed by atoms with Gasteiger partial charge in [0.15, 0.2) is 0 Å². The van der Waals surface area contributed by atoms with Gasteiger partial charge >= 0.3 is 0 Å². The summed E-state index contributed by atoms with van der Waals surface area (Å²) in [5.74, 6) is 1.03. The van der Waals surface area contributed by atoms with Gasteiger partial charge in [0.1, 0.15) is 17.2 Å². The molecular weight excluding hydrogens is 310 g/mol. The minimum Gasteiger partial charge on any atom is -0.310 e. The second kappa shape index (κ2) is 6.36. The van der Waals surface area contributed by atoms with Crippen LogP contribution in [0.3, 0.4) is 0 Å².